The molecule has 0 aliphatic carbocycles. The monoisotopic (exact) mass is 1030 g/mol. The number of aryl methyl sites for hydroxylation is 2. The zero-order valence-corrected chi connectivity index (χ0v) is 42.4. The minimum absolute atomic E-state index is 0.0318. The van der Waals surface area contributed by atoms with E-state index in [9.17, 15) is 47.0 Å². The van der Waals surface area contributed by atoms with Crippen LogP contribution in [0.1, 0.15) is 109 Å². The molecule has 0 radical (unpaired) electrons. The van der Waals surface area contributed by atoms with Gasteiger partial charge in [0.25, 0.3) is 10.1 Å². The summed E-state index contributed by atoms with van der Waals surface area (Å²) in [6, 6.07) is 50.3. The van der Waals surface area contributed by atoms with Crippen LogP contribution in [0.15, 0.2) is 193 Å². The fraction of sp³-hybridized carbons (Fsp3) is 0.0984. The van der Waals surface area contributed by atoms with Crippen molar-refractivity contribution in [3.05, 3.63) is 283 Å². The molecule has 75 heavy (non-hydrogen) atoms. The van der Waals surface area contributed by atoms with E-state index in [1.54, 1.807) is 92.4 Å². The third kappa shape index (κ3) is 11.8. The largest absolute Gasteiger partial charge is 0.356 e. The maximum atomic E-state index is 14.9. The molecule has 8 aromatic carbocycles. The summed E-state index contributed by atoms with van der Waals surface area (Å²) in [6.45, 7) is 3.58. The van der Waals surface area contributed by atoms with Gasteiger partial charge in [0.2, 0.25) is 0 Å². The summed E-state index contributed by atoms with van der Waals surface area (Å²) >= 11 is 0. The molecule has 0 aliphatic heterocycles. The average Bonchev–Trinajstić information content (AvgIpc) is 3.95. The van der Waals surface area contributed by atoms with Gasteiger partial charge in [-0.25, -0.2) is 4.98 Å². The Kier molecular flexibility index (Phi) is 14.8. The van der Waals surface area contributed by atoms with Crippen LogP contribution in [0.3, 0.4) is 0 Å². The number of ketones is 3. The quantitative estimate of drug-likeness (QED) is 0.0445. The average molecular weight is 1030 g/mol. The zero-order valence-electron chi connectivity index (χ0n) is 40.7. The van der Waals surface area contributed by atoms with Gasteiger partial charge in [0.1, 0.15) is 0 Å². The first kappa shape index (κ1) is 51.4. The van der Waals surface area contributed by atoms with Gasteiger partial charge >= 0.3 is 7.60 Å². The van der Waals surface area contributed by atoms with Crippen molar-refractivity contribution >= 4 is 40.4 Å². The molecule has 1 heterocycles. The number of rotatable bonds is 17. The predicted molar refractivity (Wildman–Crippen MR) is 286 cm³/mol. The van der Waals surface area contributed by atoms with Crippen molar-refractivity contribution in [2.75, 3.05) is 0 Å². The molecule has 1 aromatic heterocycles. The maximum Gasteiger partial charge on any atom is 0.356 e. The minimum Gasteiger partial charge on any atom is -0.321 e. The first-order valence-electron chi connectivity index (χ1n) is 23.8. The number of hydrogen-bond donors (Lipinski definition) is 3. The van der Waals surface area contributed by atoms with E-state index in [4.69, 9.17) is 0 Å². The molecule has 12 nitrogen and oxygen atoms in total. The Bertz CT molecular complexity index is 3900. The van der Waals surface area contributed by atoms with Gasteiger partial charge in [-0.15, -0.1) is 0 Å². The van der Waals surface area contributed by atoms with E-state index in [0.717, 1.165) is 27.9 Å². The molecule has 0 atom stereocenters. The van der Waals surface area contributed by atoms with Crippen LogP contribution in [0, 0.1) is 25.2 Å². The molecule has 0 bridgehead atoms. The van der Waals surface area contributed by atoms with Gasteiger partial charge in [0.05, 0.1) is 28.2 Å². The predicted octanol–water partition coefficient (Wildman–Crippen LogP) is 10.5. The van der Waals surface area contributed by atoms with Crippen LogP contribution >= 0.6 is 7.60 Å². The molecule has 9 aromatic rings. The molecule has 0 spiro atoms. The van der Waals surface area contributed by atoms with Gasteiger partial charge in [-0.05, 0) is 162 Å². The third-order valence-electron chi connectivity index (χ3n) is 13.1. The first-order valence-corrected chi connectivity index (χ1v) is 26.8. The number of benzene rings is 8. The Morgan fingerprint density at radius 1 is 0.573 bits per heavy atom. The van der Waals surface area contributed by atoms with Crippen molar-refractivity contribution in [2.45, 2.75) is 44.4 Å². The highest BCUT2D eigenvalue weighted by Gasteiger charge is 2.24. The highest BCUT2D eigenvalue weighted by Crippen LogP contribution is 2.34. The van der Waals surface area contributed by atoms with Crippen LogP contribution in [0.2, 0.25) is 0 Å². The van der Waals surface area contributed by atoms with E-state index in [2.05, 4.69) is 11.1 Å². The molecule has 0 aliphatic rings. The number of aromatic nitrogens is 2. The van der Waals surface area contributed by atoms with E-state index in [1.165, 1.54) is 36.4 Å². The number of carbonyl (C=O) groups excluding carboxylic acids is 3. The Balaban J connectivity index is 1.13. The Labute approximate surface area is 434 Å². The van der Waals surface area contributed by atoms with Gasteiger partial charge < -0.3 is 14.4 Å². The fourth-order valence-electron chi connectivity index (χ4n) is 9.37. The van der Waals surface area contributed by atoms with Crippen molar-refractivity contribution in [3.8, 4) is 11.8 Å². The second-order valence-electron chi connectivity index (χ2n) is 18.5. The topological polar surface area (TPSA) is 205 Å². The maximum absolute atomic E-state index is 14.9. The third-order valence-corrected chi connectivity index (χ3v) is 14.9. The highest BCUT2D eigenvalue weighted by molar-refractivity contribution is 7.85. The molecule has 372 valence electrons. The van der Waals surface area contributed by atoms with E-state index >= 15 is 0 Å². The molecular weight excluding hydrogens is 982 g/mol. The van der Waals surface area contributed by atoms with Gasteiger partial charge in [0, 0.05) is 51.5 Å². The molecule has 9 rings (SSSR count). The fourth-order valence-corrected chi connectivity index (χ4v) is 10.6. The molecule has 0 saturated heterocycles. The van der Waals surface area contributed by atoms with E-state index in [0.29, 0.717) is 67.6 Å². The number of nitriles is 1. The van der Waals surface area contributed by atoms with E-state index in [1.807, 2.05) is 78.2 Å². The number of carbonyl (C=O) groups is 3. The van der Waals surface area contributed by atoms with Crippen LogP contribution in [0.4, 0.5) is 0 Å². The van der Waals surface area contributed by atoms with Gasteiger partial charge in [-0.2, -0.15) is 13.7 Å². The number of nitrogens with zero attached hydrogens (tertiary/aromatic N) is 3. The lowest BCUT2D eigenvalue weighted by molar-refractivity contribution is 0.102. The highest BCUT2D eigenvalue weighted by atomic mass is 32.2. The van der Waals surface area contributed by atoms with E-state index < -0.39 is 23.5 Å². The lowest BCUT2D eigenvalue weighted by Crippen LogP contribution is -2.12. The molecule has 14 heteroatoms. The van der Waals surface area contributed by atoms with Crippen LogP contribution in [-0.2, 0) is 40.4 Å². The Morgan fingerprint density at radius 3 is 1.68 bits per heavy atom. The summed E-state index contributed by atoms with van der Waals surface area (Å²) in [6.07, 6.45) is 6.03. The normalized spacial score (nSPS) is 11.5. The van der Waals surface area contributed by atoms with Crippen LogP contribution in [0.25, 0.3) is 5.69 Å². The standard InChI is InChI=1S/C61H48N3O9PS/c1-39-26-44(31-54(27-39)75(71,72)73)28-41-14-17-49(56(32-41)61(67)51-12-7-13-53(36-51)74(68,69)70)30-42-15-18-48(55(33-42)60(66)46-20-22-52(23-21-46)64-25-24-63-38-64)29-43-16-19-50(35-47-11-6-8-40(2)58(47)37-62)57(34-43)59(65)45-9-4-3-5-10-45/h3-27,31-34,36,38H,28-30,35H2,1-2H3,(H2,68,69,70)(H,71,72,73). The first-order chi connectivity index (χ1) is 35.9. The Morgan fingerprint density at radius 2 is 1.12 bits per heavy atom. The summed E-state index contributed by atoms with van der Waals surface area (Å²) in [5.74, 6) is -0.977. The zero-order chi connectivity index (χ0) is 53.0. The smallest absolute Gasteiger partial charge is 0.321 e. The molecule has 0 fully saturated rings. The second kappa shape index (κ2) is 21.5. The molecule has 0 unspecified atom stereocenters. The van der Waals surface area contributed by atoms with Crippen LogP contribution < -0.4 is 5.30 Å². The summed E-state index contributed by atoms with van der Waals surface area (Å²) in [4.78, 5) is 67.7. The summed E-state index contributed by atoms with van der Waals surface area (Å²) < 4.78 is 48.2. The number of hydrogen-bond acceptors (Lipinski definition) is 8. The minimum atomic E-state index is -4.74. The van der Waals surface area contributed by atoms with Crippen molar-refractivity contribution in [2.24, 2.45) is 0 Å². The Hall–Kier alpha value is -8.47. The second-order valence-corrected chi connectivity index (χ2v) is 21.5. The summed E-state index contributed by atoms with van der Waals surface area (Å²) in [5.41, 5.74) is 10.2. The summed E-state index contributed by atoms with van der Waals surface area (Å²) in [7, 11) is -9.25. The molecule has 0 saturated carbocycles. The number of imidazole rings is 1. The molecule has 0 amide bonds. The van der Waals surface area contributed by atoms with Crippen LogP contribution in [0.5, 0.6) is 0 Å². The lowest BCUT2D eigenvalue weighted by Gasteiger charge is -2.16. The lowest BCUT2D eigenvalue weighted by atomic mass is 9.87. The van der Waals surface area contributed by atoms with Crippen molar-refractivity contribution < 1.29 is 41.7 Å². The van der Waals surface area contributed by atoms with Crippen molar-refractivity contribution in [1.29, 1.82) is 5.26 Å². The van der Waals surface area contributed by atoms with Crippen molar-refractivity contribution in [3.63, 3.8) is 0 Å². The van der Waals surface area contributed by atoms with Gasteiger partial charge in [-0.3, -0.25) is 23.5 Å². The summed E-state index contributed by atoms with van der Waals surface area (Å²) in [5, 5.41) is 9.73. The van der Waals surface area contributed by atoms with Crippen LogP contribution in [-0.4, -0.2) is 49.7 Å². The SMILES string of the molecule is Cc1cc(Cc2ccc(Cc3ccc(Cc4ccc(Cc5cccc(C)c5C#N)c(C(=O)c5ccccc5)c4)c(C(=O)c4ccc(-n5ccnc5)cc4)c3)c(C(=O)c3cccc(P(=O)(O)O)c3)c2)cc(S(=O)(=O)O)c1. The van der Waals surface area contributed by atoms with E-state index in [-0.39, 0.29) is 52.2 Å². The molecule has 3 N–H and O–H groups in total. The van der Waals surface area contributed by atoms with Gasteiger partial charge in [-0.1, -0.05) is 103 Å². The van der Waals surface area contributed by atoms with Crippen molar-refractivity contribution in [1.82, 2.24) is 9.55 Å². The van der Waals surface area contributed by atoms with Gasteiger partial charge in [0.15, 0.2) is 17.3 Å². The molecular formula is C61H48N3O9PS.